The summed E-state index contributed by atoms with van der Waals surface area (Å²) in [6.45, 7) is 4.75. The number of nitrogens with zero attached hydrogens (tertiary/aromatic N) is 2. The number of hydrogen-bond acceptors (Lipinski definition) is 3. The highest BCUT2D eigenvalue weighted by Crippen LogP contribution is 2.38. The Hall–Kier alpha value is -1.61. The van der Waals surface area contributed by atoms with Gasteiger partial charge in [-0.05, 0) is 44.4 Å². The Labute approximate surface area is 126 Å². The molecule has 0 aliphatic carbocycles. The van der Waals surface area contributed by atoms with E-state index >= 15 is 0 Å². The standard InChI is InChI=1S/C18H23N3/c1-2-6-16-15(5-1)17(7-11-20-16)21-12-4-9-18(14-21)8-3-10-19-13-18/h1-2,5-7,11,19H,3-4,8-10,12-14H2. The van der Waals surface area contributed by atoms with Crippen molar-refractivity contribution in [1.82, 2.24) is 10.3 Å². The summed E-state index contributed by atoms with van der Waals surface area (Å²) in [5.41, 5.74) is 2.96. The maximum atomic E-state index is 4.50. The summed E-state index contributed by atoms with van der Waals surface area (Å²) < 4.78 is 0. The molecule has 1 unspecified atom stereocenters. The molecule has 2 aliphatic rings. The molecular weight excluding hydrogens is 258 g/mol. The SMILES string of the molecule is c1ccc2c(N3CCCC4(CCCNC4)C3)ccnc2c1. The number of hydrogen-bond donors (Lipinski definition) is 1. The molecule has 1 atom stereocenters. The van der Waals surface area contributed by atoms with Gasteiger partial charge in [0.15, 0.2) is 0 Å². The summed E-state index contributed by atoms with van der Waals surface area (Å²) in [5.74, 6) is 0. The van der Waals surface area contributed by atoms with Crippen LogP contribution in [0.3, 0.4) is 0 Å². The minimum atomic E-state index is 0.487. The van der Waals surface area contributed by atoms with Gasteiger partial charge in [-0.2, -0.15) is 0 Å². The van der Waals surface area contributed by atoms with Gasteiger partial charge in [0.05, 0.1) is 5.52 Å². The van der Waals surface area contributed by atoms with Crippen LogP contribution in [0, 0.1) is 5.41 Å². The Balaban J connectivity index is 1.68. The highest BCUT2D eigenvalue weighted by molar-refractivity contribution is 5.91. The molecule has 110 valence electrons. The first kappa shape index (κ1) is 13.1. The first-order chi connectivity index (χ1) is 10.4. The molecule has 2 saturated heterocycles. The van der Waals surface area contributed by atoms with E-state index < -0.39 is 0 Å². The molecule has 0 saturated carbocycles. The zero-order valence-corrected chi connectivity index (χ0v) is 12.5. The van der Waals surface area contributed by atoms with E-state index in [0.717, 1.165) is 5.52 Å². The third-order valence-electron chi connectivity index (χ3n) is 5.19. The summed E-state index contributed by atoms with van der Waals surface area (Å²) in [4.78, 5) is 7.10. The minimum Gasteiger partial charge on any atom is -0.370 e. The number of anilines is 1. The maximum absolute atomic E-state index is 4.50. The van der Waals surface area contributed by atoms with E-state index in [4.69, 9.17) is 0 Å². The predicted octanol–water partition coefficient (Wildman–Crippen LogP) is 3.20. The zero-order valence-electron chi connectivity index (χ0n) is 12.5. The molecule has 4 rings (SSSR count). The Bertz CT molecular complexity index is 620. The average Bonchev–Trinajstić information content (AvgIpc) is 2.55. The van der Waals surface area contributed by atoms with Crippen LogP contribution < -0.4 is 10.2 Å². The van der Waals surface area contributed by atoms with Crippen molar-refractivity contribution in [3.8, 4) is 0 Å². The normalized spacial score (nSPS) is 26.4. The van der Waals surface area contributed by atoms with Crippen molar-refractivity contribution < 1.29 is 0 Å². The van der Waals surface area contributed by atoms with Gasteiger partial charge < -0.3 is 10.2 Å². The van der Waals surface area contributed by atoms with Crippen LogP contribution in [-0.2, 0) is 0 Å². The van der Waals surface area contributed by atoms with E-state index in [-0.39, 0.29) is 0 Å². The van der Waals surface area contributed by atoms with Gasteiger partial charge >= 0.3 is 0 Å². The molecule has 21 heavy (non-hydrogen) atoms. The van der Waals surface area contributed by atoms with Crippen molar-refractivity contribution >= 4 is 16.6 Å². The molecule has 1 N–H and O–H groups in total. The van der Waals surface area contributed by atoms with E-state index in [2.05, 4.69) is 45.5 Å². The molecule has 3 heterocycles. The Morgan fingerprint density at radius 2 is 2.00 bits per heavy atom. The largest absolute Gasteiger partial charge is 0.370 e. The predicted molar refractivity (Wildman–Crippen MR) is 87.7 cm³/mol. The maximum Gasteiger partial charge on any atom is 0.0722 e. The lowest BCUT2D eigenvalue weighted by Crippen LogP contribution is -2.51. The van der Waals surface area contributed by atoms with Crippen molar-refractivity contribution in [3.05, 3.63) is 36.5 Å². The zero-order chi connectivity index (χ0) is 14.1. The summed E-state index contributed by atoms with van der Waals surface area (Å²) in [7, 11) is 0. The van der Waals surface area contributed by atoms with Gasteiger partial charge in [-0.3, -0.25) is 4.98 Å². The molecule has 0 amide bonds. The van der Waals surface area contributed by atoms with Crippen LogP contribution in [0.1, 0.15) is 25.7 Å². The summed E-state index contributed by atoms with van der Waals surface area (Å²) in [5, 5.41) is 4.91. The van der Waals surface area contributed by atoms with Gasteiger partial charge in [0.1, 0.15) is 0 Å². The monoisotopic (exact) mass is 281 g/mol. The van der Waals surface area contributed by atoms with Crippen LogP contribution >= 0.6 is 0 Å². The number of aromatic nitrogens is 1. The van der Waals surface area contributed by atoms with E-state index in [0.29, 0.717) is 5.41 Å². The number of piperidine rings is 2. The highest BCUT2D eigenvalue weighted by atomic mass is 15.2. The molecular formula is C18H23N3. The highest BCUT2D eigenvalue weighted by Gasteiger charge is 2.36. The van der Waals surface area contributed by atoms with E-state index in [1.165, 1.54) is 62.9 Å². The Morgan fingerprint density at radius 3 is 2.90 bits per heavy atom. The number of rotatable bonds is 1. The lowest BCUT2D eigenvalue weighted by molar-refractivity contribution is 0.173. The van der Waals surface area contributed by atoms with Crippen molar-refractivity contribution in [3.63, 3.8) is 0 Å². The number of benzene rings is 1. The smallest absolute Gasteiger partial charge is 0.0722 e. The topological polar surface area (TPSA) is 28.2 Å². The second-order valence-corrected chi connectivity index (χ2v) is 6.65. The molecule has 2 aromatic rings. The van der Waals surface area contributed by atoms with Crippen LogP contribution in [0.4, 0.5) is 5.69 Å². The fraction of sp³-hybridized carbons (Fsp3) is 0.500. The van der Waals surface area contributed by atoms with Crippen molar-refractivity contribution in [2.45, 2.75) is 25.7 Å². The summed E-state index contributed by atoms with van der Waals surface area (Å²) in [6.07, 6.45) is 7.33. The lowest BCUT2D eigenvalue weighted by Gasteiger charge is -2.46. The second-order valence-electron chi connectivity index (χ2n) is 6.65. The number of pyridine rings is 1. The van der Waals surface area contributed by atoms with Crippen molar-refractivity contribution in [2.75, 3.05) is 31.1 Å². The minimum absolute atomic E-state index is 0.487. The summed E-state index contributed by atoms with van der Waals surface area (Å²) >= 11 is 0. The molecule has 1 spiro atoms. The Morgan fingerprint density at radius 1 is 1.10 bits per heavy atom. The molecule has 1 aromatic heterocycles. The van der Waals surface area contributed by atoms with E-state index in [1.54, 1.807) is 0 Å². The van der Waals surface area contributed by atoms with Crippen LogP contribution in [0.15, 0.2) is 36.5 Å². The molecule has 0 bridgehead atoms. The lowest BCUT2D eigenvalue weighted by atomic mass is 9.74. The van der Waals surface area contributed by atoms with Gasteiger partial charge in [-0.1, -0.05) is 18.2 Å². The first-order valence-corrected chi connectivity index (χ1v) is 8.16. The van der Waals surface area contributed by atoms with E-state index in [1.807, 2.05) is 6.20 Å². The van der Waals surface area contributed by atoms with E-state index in [9.17, 15) is 0 Å². The molecule has 1 aromatic carbocycles. The van der Waals surface area contributed by atoms with Gasteiger partial charge in [0, 0.05) is 42.3 Å². The molecule has 0 radical (unpaired) electrons. The fourth-order valence-corrected chi connectivity index (χ4v) is 4.15. The number of para-hydroxylation sites is 1. The molecule has 2 aliphatic heterocycles. The van der Waals surface area contributed by atoms with Crippen LogP contribution in [-0.4, -0.2) is 31.2 Å². The molecule has 3 heteroatoms. The van der Waals surface area contributed by atoms with Crippen LogP contribution in [0.2, 0.25) is 0 Å². The van der Waals surface area contributed by atoms with Crippen LogP contribution in [0.25, 0.3) is 10.9 Å². The van der Waals surface area contributed by atoms with Gasteiger partial charge in [-0.15, -0.1) is 0 Å². The number of fused-ring (bicyclic) bond motifs is 1. The van der Waals surface area contributed by atoms with Crippen molar-refractivity contribution in [2.24, 2.45) is 5.41 Å². The Kier molecular flexibility index (Phi) is 3.30. The van der Waals surface area contributed by atoms with Crippen LogP contribution in [0.5, 0.6) is 0 Å². The molecule has 2 fully saturated rings. The van der Waals surface area contributed by atoms with Gasteiger partial charge in [-0.25, -0.2) is 0 Å². The number of nitrogens with one attached hydrogen (secondary N) is 1. The molecule has 3 nitrogen and oxygen atoms in total. The third-order valence-corrected chi connectivity index (χ3v) is 5.19. The fourth-order valence-electron chi connectivity index (χ4n) is 4.15. The average molecular weight is 281 g/mol. The van der Waals surface area contributed by atoms with Crippen molar-refractivity contribution in [1.29, 1.82) is 0 Å². The second kappa shape index (κ2) is 5.30. The quantitative estimate of drug-likeness (QED) is 0.870. The van der Waals surface area contributed by atoms with Gasteiger partial charge in [0.25, 0.3) is 0 Å². The summed E-state index contributed by atoms with van der Waals surface area (Å²) in [6, 6.07) is 10.7. The third kappa shape index (κ3) is 2.40. The first-order valence-electron chi connectivity index (χ1n) is 8.16. The van der Waals surface area contributed by atoms with Gasteiger partial charge in [0.2, 0.25) is 0 Å².